The van der Waals surface area contributed by atoms with Crippen LogP contribution in [0.25, 0.3) is 0 Å². The maximum absolute atomic E-state index is 12.3. The molecule has 3 N–H and O–H groups in total. The van der Waals surface area contributed by atoms with E-state index in [4.69, 9.17) is 5.73 Å². The predicted molar refractivity (Wildman–Crippen MR) is 80.2 cm³/mol. The van der Waals surface area contributed by atoms with Crippen LogP contribution in [0.1, 0.15) is 42.9 Å². The summed E-state index contributed by atoms with van der Waals surface area (Å²) in [4.78, 5) is 12.3. The molecule has 19 heavy (non-hydrogen) atoms. The third kappa shape index (κ3) is 2.73. The minimum absolute atomic E-state index is 0.159. The number of thioether (sulfide) groups is 1. The molecule has 0 radical (unpaired) electrons. The number of fused-ring (bicyclic) bond motifs is 1. The highest BCUT2D eigenvalue weighted by atomic mass is 32.2. The fourth-order valence-electron chi connectivity index (χ4n) is 3.00. The van der Waals surface area contributed by atoms with Gasteiger partial charge in [-0.2, -0.15) is 0 Å². The van der Waals surface area contributed by atoms with Gasteiger partial charge in [-0.25, -0.2) is 0 Å². The fourth-order valence-corrected chi connectivity index (χ4v) is 4.21. The third-order valence-electron chi connectivity index (χ3n) is 4.03. The Morgan fingerprint density at radius 1 is 1.32 bits per heavy atom. The van der Waals surface area contributed by atoms with Gasteiger partial charge in [0.25, 0.3) is 0 Å². The van der Waals surface area contributed by atoms with Crippen molar-refractivity contribution in [2.24, 2.45) is 0 Å². The van der Waals surface area contributed by atoms with Crippen molar-refractivity contribution in [2.75, 3.05) is 11.5 Å². The van der Waals surface area contributed by atoms with E-state index < -0.39 is 0 Å². The SMILES string of the molecule is Nc1ccc2c(c1)CCC2NC(=O)C1CCCCS1. The number of nitrogen functional groups attached to an aromatic ring is 1. The van der Waals surface area contributed by atoms with E-state index in [0.29, 0.717) is 0 Å². The van der Waals surface area contributed by atoms with Crippen LogP contribution >= 0.6 is 11.8 Å². The smallest absolute Gasteiger partial charge is 0.233 e. The van der Waals surface area contributed by atoms with Crippen molar-refractivity contribution in [1.29, 1.82) is 0 Å². The van der Waals surface area contributed by atoms with Crippen LogP contribution < -0.4 is 11.1 Å². The average Bonchev–Trinajstić information content (AvgIpc) is 2.82. The summed E-state index contributed by atoms with van der Waals surface area (Å²) in [5.41, 5.74) is 9.16. The molecule has 2 aliphatic rings. The van der Waals surface area contributed by atoms with Gasteiger partial charge in [0, 0.05) is 5.69 Å². The maximum Gasteiger partial charge on any atom is 0.233 e. The lowest BCUT2D eigenvalue weighted by atomic mass is 10.1. The average molecular weight is 276 g/mol. The highest BCUT2D eigenvalue weighted by molar-refractivity contribution is 8.00. The van der Waals surface area contributed by atoms with Gasteiger partial charge in [-0.05, 0) is 54.7 Å². The molecule has 2 unspecified atom stereocenters. The van der Waals surface area contributed by atoms with Crippen molar-refractivity contribution < 1.29 is 4.79 Å². The number of amides is 1. The Balaban J connectivity index is 1.67. The molecule has 102 valence electrons. The first-order valence-corrected chi connectivity index (χ1v) is 8.09. The van der Waals surface area contributed by atoms with Crippen LogP contribution in [-0.2, 0) is 11.2 Å². The van der Waals surface area contributed by atoms with Crippen molar-refractivity contribution in [1.82, 2.24) is 5.32 Å². The van der Waals surface area contributed by atoms with Crippen molar-refractivity contribution in [3.05, 3.63) is 29.3 Å². The molecule has 0 saturated carbocycles. The van der Waals surface area contributed by atoms with Crippen LogP contribution in [0.15, 0.2) is 18.2 Å². The van der Waals surface area contributed by atoms with Crippen molar-refractivity contribution in [3.8, 4) is 0 Å². The summed E-state index contributed by atoms with van der Waals surface area (Å²) >= 11 is 1.81. The Morgan fingerprint density at radius 2 is 2.21 bits per heavy atom. The molecule has 1 fully saturated rings. The number of hydrogen-bond acceptors (Lipinski definition) is 3. The first-order chi connectivity index (χ1) is 9.24. The Kier molecular flexibility index (Phi) is 3.69. The van der Waals surface area contributed by atoms with Gasteiger partial charge in [-0.3, -0.25) is 4.79 Å². The van der Waals surface area contributed by atoms with E-state index in [2.05, 4.69) is 11.4 Å². The number of hydrogen-bond donors (Lipinski definition) is 2. The van der Waals surface area contributed by atoms with E-state index >= 15 is 0 Å². The monoisotopic (exact) mass is 276 g/mol. The molecule has 4 heteroatoms. The number of anilines is 1. The van der Waals surface area contributed by atoms with E-state index in [1.54, 1.807) is 11.8 Å². The number of carbonyl (C=O) groups excluding carboxylic acids is 1. The third-order valence-corrected chi connectivity index (χ3v) is 5.41. The van der Waals surface area contributed by atoms with Gasteiger partial charge in [0.1, 0.15) is 0 Å². The van der Waals surface area contributed by atoms with E-state index in [9.17, 15) is 4.79 Å². The highest BCUT2D eigenvalue weighted by Gasteiger charge is 2.28. The molecule has 1 aliphatic carbocycles. The summed E-state index contributed by atoms with van der Waals surface area (Å²) in [6.07, 6.45) is 5.48. The van der Waals surface area contributed by atoms with Crippen molar-refractivity contribution in [2.45, 2.75) is 43.4 Å². The van der Waals surface area contributed by atoms with E-state index in [1.165, 1.54) is 24.0 Å². The van der Waals surface area contributed by atoms with Crippen LogP contribution in [0.3, 0.4) is 0 Å². The molecular formula is C15H20N2OS. The molecule has 0 bridgehead atoms. The number of rotatable bonds is 2. The maximum atomic E-state index is 12.3. The summed E-state index contributed by atoms with van der Waals surface area (Å²) in [5, 5.41) is 3.38. The van der Waals surface area contributed by atoms with Crippen LogP contribution in [0, 0.1) is 0 Å². The van der Waals surface area contributed by atoms with Crippen molar-refractivity contribution in [3.63, 3.8) is 0 Å². The highest BCUT2D eigenvalue weighted by Crippen LogP contribution is 2.33. The Bertz CT molecular complexity index is 483. The van der Waals surface area contributed by atoms with E-state index in [0.717, 1.165) is 30.7 Å². The number of nitrogens with two attached hydrogens (primary N) is 1. The summed E-state index contributed by atoms with van der Waals surface area (Å²) in [7, 11) is 0. The molecule has 1 amide bonds. The summed E-state index contributed by atoms with van der Waals surface area (Å²) in [5.74, 6) is 1.34. The number of aryl methyl sites for hydroxylation is 1. The number of benzene rings is 1. The fraction of sp³-hybridized carbons (Fsp3) is 0.533. The molecule has 1 saturated heterocycles. The van der Waals surface area contributed by atoms with Crippen LogP contribution in [0.4, 0.5) is 5.69 Å². The topological polar surface area (TPSA) is 55.1 Å². The summed E-state index contributed by atoms with van der Waals surface area (Å²) < 4.78 is 0. The van der Waals surface area contributed by atoms with Crippen LogP contribution in [0.2, 0.25) is 0 Å². The predicted octanol–water partition coefficient (Wildman–Crippen LogP) is 2.66. The molecule has 1 aromatic rings. The molecule has 1 heterocycles. The van der Waals surface area contributed by atoms with Gasteiger partial charge >= 0.3 is 0 Å². The van der Waals surface area contributed by atoms with Crippen molar-refractivity contribution >= 4 is 23.4 Å². The summed E-state index contributed by atoms with van der Waals surface area (Å²) in [6, 6.07) is 6.22. The molecular weight excluding hydrogens is 256 g/mol. The van der Waals surface area contributed by atoms with E-state index in [-0.39, 0.29) is 17.2 Å². The molecule has 2 atom stereocenters. The first kappa shape index (κ1) is 12.9. The quantitative estimate of drug-likeness (QED) is 0.817. The molecule has 1 aliphatic heterocycles. The second kappa shape index (κ2) is 5.45. The van der Waals surface area contributed by atoms with Gasteiger partial charge in [0.2, 0.25) is 5.91 Å². The minimum atomic E-state index is 0.159. The van der Waals surface area contributed by atoms with Gasteiger partial charge in [0.15, 0.2) is 0 Å². The lowest BCUT2D eigenvalue weighted by molar-refractivity contribution is -0.121. The van der Waals surface area contributed by atoms with Gasteiger partial charge in [0.05, 0.1) is 11.3 Å². The second-order valence-electron chi connectivity index (χ2n) is 5.41. The second-order valence-corrected chi connectivity index (χ2v) is 6.72. The van der Waals surface area contributed by atoms with Crippen LogP contribution in [0.5, 0.6) is 0 Å². The first-order valence-electron chi connectivity index (χ1n) is 7.04. The zero-order valence-electron chi connectivity index (χ0n) is 11.0. The molecule has 3 nitrogen and oxygen atoms in total. The molecule has 0 spiro atoms. The lowest BCUT2D eigenvalue weighted by Crippen LogP contribution is -2.36. The van der Waals surface area contributed by atoms with Gasteiger partial charge < -0.3 is 11.1 Å². The normalized spacial score (nSPS) is 25.9. The summed E-state index contributed by atoms with van der Waals surface area (Å²) in [6.45, 7) is 0. The minimum Gasteiger partial charge on any atom is -0.399 e. The zero-order valence-corrected chi connectivity index (χ0v) is 11.8. The molecule has 0 aromatic heterocycles. The standard InChI is InChI=1S/C15H20N2OS/c16-11-5-6-12-10(9-11)4-7-13(12)17-15(18)14-3-1-2-8-19-14/h5-6,9,13-14H,1-4,7-8,16H2,(H,17,18). The number of carbonyl (C=O) groups is 1. The Morgan fingerprint density at radius 3 is 3.00 bits per heavy atom. The van der Waals surface area contributed by atoms with Gasteiger partial charge in [-0.1, -0.05) is 12.5 Å². The zero-order chi connectivity index (χ0) is 13.2. The molecule has 3 rings (SSSR count). The Labute approximate surface area is 118 Å². The molecule has 1 aromatic carbocycles. The van der Waals surface area contributed by atoms with Crippen LogP contribution in [-0.4, -0.2) is 16.9 Å². The lowest BCUT2D eigenvalue weighted by Gasteiger charge is -2.23. The Hall–Kier alpha value is -1.16. The number of nitrogens with one attached hydrogen (secondary N) is 1. The van der Waals surface area contributed by atoms with E-state index in [1.807, 2.05) is 12.1 Å². The van der Waals surface area contributed by atoms with Gasteiger partial charge in [-0.15, -0.1) is 11.8 Å². The largest absolute Gasteiger partial charge is 0.399 e.